The number of carbonyl (C=O) groups is 1. The first kappa shape index (κ1) is 20.0. The van der Waals surface area contributed by atoms with Crippen molar-refractivity contribution in [1.29, 1.82) is 0 Å². The lowest BCUT2D eigenvalue weighted by atomic mass is 10.1. The number of hydrogen-bond donors (Lipinski definition) is 1. The van der Waals surface area contributed by atoms with E-state index in [1.165, 1.54) is 27.9 Å². The number of nitrogens with zero attached hydrogens (tertiary/aromatic N) is 5. The van der Waals surface area contributed by atoms with Crippen LogP contribution in [0.25, 0.3) is 4.96 Å². The van der Waals surface area contributed by atoms with Crippen LogP contribution in [0.1, 0.15) is 21.6 Å². The molecule has 1 aromatic carbocycles. The minimum absolute atomic E-state index is 0.105. The van der Waals surface area contributed by atoms with Gasteiger partial charge in [0.15, 0.2) is 4.96 Å². The highest BCUT2D eigenvalue weighted by Gasteiger charge is 2.27. The molecule has 156 valence electrons. The molecule has 11 heteroatoms. The van der Waals surface area contributed by atoms with Gasteiger partial charge in [-0.3, -0.25) is 29.0 Å². The predicted molar refractivity (Wildman–Crippen MR) is 113 cm³/mol. The lowest BCUT2D eigenvalue weighted by Crippen LogP contribution is -2.48. The number of rotatable bonds is 4. The molecule has 3 aromatic rings. The first-order chi connectivity index (χ1) is 14.3. The molecule has 3 heterocycles. The number of nitrogens with two attached hydrogens (primary N) is 1. The third-order valence-electron chi connectivity index (χ3n) is 5.13. The monoisotopic (exact) mass is 428 g/mol. The summed E-state index contributed by atoms with van der Waals surface area (Å²) in [6.07, 6.45) is 1.70. The summed E-state index contributed by atoms with van der Waals surface area (Å²) in [7, 11) is 0. The molecular formula is C19H20N6O4S. The second kappa shape index (κ2) is 7.84. The fraction of sp³-hybridized carbons (Fsp3) is 0.316. The van der Waals surface area contributed by atoms with Gasteiger partial charge in [0.25, 0.3) is 17.2 Å². The van der Waals surface area contributed by atoms with Gasteiger partial charge in [-0.05, 0) is 18.6 Å². The minimum atomic E-state index is -0.572. The number of nitro benzene ring substituents is 1. The highest BCUT2D eigenvalue weighted by atomic mass is 32.1. The Morgan fingerprint density at radius 1 is 1.27 bits per heavy atom. The predicted octanol–water partition coefficient (Wildman–Crippen LogP) is 1.51. The van der Waals surface area contributed by atoms with Gasteiger partial charge in [-0.15, -0.1) is 11.3 Å². The summed E-state index contributed by atoms with van der Waals surface area (Å²) < 4.78 is 1.51. The van der Waals surface area contributed by atoms with E-state index in [2.05, 4.69) is 9.88 Å². The normalized spacial score (nSPS) is 14.9. The van der Waals surface area contributed by atoms with Crippen molar-refractivity contribution in [1.82, 2.24) is 19.2 Å². The largest absolute Gasteiger partial charge is 0.393 e. The van der Waals surface area contributed by atoms with Gasteiger partial charge in [-0.1, -0.05) is 0 Å². The van der Waals surface area contributed by atoms with Crippen LogP contribution < -0.4 is 11.3 Å². The number of hydrogen-bond acceptors (Lipinski definition) is 8. The highest BCUT2D eigenvalue weighted by molar-refractivity contribution is 7.15. The molecule has 0 atom stereocenters. The number of anilines is 1. The van der Waals surface area contributed by atoms with Crippen LogP contribution in [0.3, 0.4) is 0 Å². The van der Waals surface area contributed by atoms with E-state index in [0.29, 0.717) is 48.9 Å². The first-order valence-corrected chi connectivity index (χ1v) is 10.2. The fourth-order valence-corrected chi connectivity index (χ4v) is 4.32. The Kier molecular flexibility index (Phi) is 5.22. The van der Waals surface area contributed by atoms with Gasteiger partial charge >= 0.3 is 0 Å². The quantitative estimate of drug-likeness (QED) is 0.379. The third-order valence-corrected chi connectivity index (χ3v) is 5.89. The van der Waals surface area contributed by atoms with Crippen molar-refractivity contribution in [3.8, 4) is 0 Å². The Balaban J connectivity index is 1.45. The molecular weight excluding hydrogens is 408 g/mol. The van der Waals surface area contributed by atoms with Crippen molar-refractivity contribution in [3.63, 3.8) is 0 Å². The molecule has 1 aliphatic rings. The van der Waals surface area contributed by atoms with E-state index in [1.54, 1.807) is 24.1 Å². The van der Waals surface area contributed by atoms with Crippen molar-refractivity contribution < 1.29 is 9.72 Å². The van der Waals surface area contributed by atoms with E-state index in [9.17, 15) is 19.7 Å². The Hall–Kier alpha value is -3.31. The average Bonchev–Trinajstić information content (AvgIpc) is 3.18. The summed E-state index contributed by atoms with van der Waals surface area (Å²) in [6.45, 7) is 4.33. The molecule has 2 N–H and O–H groups in total. The van der Waals surface area contributed by atoms with Gasteiger partial charge in [-0.2, -0.15) is 0 Å². The molecule has 4 rings (SSSR count). The van der Waals surface area contributed by atoms with Crippen molar-refractivity contribution in [2.24, 2.45) is 0 Å². The molecule has 10 nitrogen and oxygen atoms in total. The van der Waals surface area contributed by atoms with E-state index in [-0.39, 0.29) is 28.4 Å². The summed E-state index contributed by atoms with van der Waals surface area (Å²) in [6, 6.07) is 4.48. The van der Waals surface area contributed by atoms with Crippen molar-refractivity contribution in [2.75, 3.05) is 31.9 Å². The lowest BCUT2D eigenvalue weighted by molar-refractivity contribution is -0.384. The van der Waals surface area contributed by atoms with E-state index in [0.717, 1.165) is 0 Å². The number of benzene rings is 1. The van der Waals surface area contributed by atoms with Crippen LogP contribution in [0.4, 0.5) is 11.4 Å². The summed E-state index contributed by atoms with van der Waals surface area (Å²) in [5.74, 6) is -0.310. The molecule has 30 heavy (non-hydrogen) atoms. The molecule has 0 unspecified atom stereocenters. The first-order valence-electron chi connectivity index (χ1n) is 9.35. The SMILES string of the molecule is Cc1cc(C(=O)N2CCN(Cc3cc(=O)n4ccsc4n3)CC2)c(N)c([N+](=O)[O-])c1. The molecule has 2 aromatic heterocycles. The molecule has 0 spiro atoms. The highest BCUT2D eigenvalue weighted by Crippen LogP contribution is 2.28. The van der Waals surface area contributed by atoms with E-state index in [1.807, 2.05) is 5.38 Å². The fourth-order valence-electron chi connectivity index (χ4n) is 3.58. The number of piperazine rings is 1. The molecule has 0 saturated carbocycles. The minimum Gasteiger partial charge on any atom is -0.393 e. The topological polar surface area (TPSA) is 127 Å². The molecule has 0 radical (unpaired) electrons. The van der Waals surface area contributed by atoms with Gasteiger partial charge in [0.2, 0.25) is 0 Å². The maximum absolute atomic E-state index is 12.9. The van der Waals surface area contributed by atoms with Crippen LogP contribution in [-0.2, 0) is 6.54 Å². The van der Waals surface area contributed by atoms with Crippen LogP contribution in [-0.4, -0.2) is 56.2 Å². The summed E-state index contributed by atoms with van der Waals surface area (Å²) in [5, 5.41) is 13.0. The Morgan fingerprint density at radius 3 is 2.70 bits per heavy atom. The van der Waals surface area contributed by atoms with Gasteiger partial charge in [0.05, 0.1) is 16.2 Å². The second-order valence-electron chi connectivity index (χ2n) is 7.21. The summed E-state index contributed by atoms with van der Waals surface area (Å²) in [5.41, 5.74) is 6.90. The molecule has 1 fully saturated rings. The zero-order valence-corrected chi connectivity index (χ0v) is 17.1. The van der Waals surface area contributed by atoms with E-state index >= 15 is 0 Å². The van der Waals surface area contributed by atoms with Crippen LogP contribution in [0, 0.1) is 17.0 Å². The van der Waals surface area contributed by atoms with Gasteiger partial charge < -0.3 is 10.6 Å². The number of nitrogen functional groups attached to an aromatic ring is 1. The smallest absolute Gasteiger partial charge is 0.293 e. The standard InChI is InChI=1S/C19H20N6O4S/c1-12-8-14(17(20)15(9-12)25(28)29)18(27)23-4-2-22(3-5-23)11-13-10-16(26)24-6-7-30-19(24)21-13/h6-10H,2-5,11,20H2,1H3. The molecule has 0 bridgehead atoms. The summed E-state index contributed by atoms with van der Waals surface area (Å²) in [4.78, 5) is 44.6. The number of thiazole rings is 1. The lowest BCUT2D eigenvalue weighted by Gasteiger charge is -2.34. The van der Waals surface area contributed by atoms with Crippen LogP contribution in [0.5, 0.6) is 0 Å². The Labute approximate surface area is 175 Å². The molecule has 1 amide bonds. The number of aromatic nitrogens is 2. The van der Waals surface area contributed by atoms with Crippen molar-refractivity contribution >= 4 is 33.6 Å². The second-order valence-corrected chi connectivity index (χ2v) is 8.09. The molecule has 1 saturated heterocycles. The van der Waals surface area contributed by atoms with Crippen LogP contribution in [0.15, 0.2) is 34.6 Å². The average molecular weight is 428 g/mol. The molecule has 0 aliphatic carbocycles. The van der Waals surface area contributed by atoms with Gasteiger partial charge in [0, 0.05) is 56.4 Å². The number of amides is 1. The summed E-state index contributed by atoms with van der Waals surface area (Å²) >= 11 is 1.41. The molecule has 1 aliphatic heterocycles. The van der Waals surface area contributed by atoms with Crippen LogP contribution >= 0.6 is 11.3 Å². The van der Waals surface area contributed by atoms with Gasteiger partial charge in [-0.25, -0.2) is 4.98 Å². The van der Waals surface area contributed by atoms with E-state index in [4.69, 9.17) is 5.73 Å². The zero-order valence-electron chi connectivity index (χ0n) is 16.3. The number of fused-ring (bicyclic) bond motifs is 1. The number of aryl methyl sites for hydroxylation is 1. The third kappa shape index (κ3) is 3.76. The number of carbonyl (C=O) groups excluding carboxylic acids is 1. The van der Waals surface area contributed by atoms with Crippen molar-refractivity contribution in [3.05, 3.63) is 67.1 Å². The Bertz CT molecular complexity index is 1200. The maximum Gasteiger partial charge on any atom is 0.293 e. The Morgan fingerprint density at radius 2 is 2.00 bits per heavy atom. The van der Waals surface area contributed by atoms with Crippen LogP contribution in [0.2, 0.25) is 0 Å². The number of nitro groups is 1. The van der Waals surface area contributed by atoms with Crippen molar-refractivity contribution in [2.45, 2.75) is 13.5 Å². The van der Waals surface area contributed by atoms with Gasteiger partial charge in [0.1, 0.15) is 5.69 Å². The van der Waals surface area contributed by atoms with E-state index < -0.39 is 4.92 Å². The zero-order chi connectivity index (χ0) is 21.4. The maximum atomic E-state index is 12.9.